The van der Waals surface area contributed by atoms with E-state index < -0.39 is 7.32 Å². The van der Waals surface area contributed by atoms with Gasteiger partial charge in [-0.05, 0) is 27.6 Å². The van der Waals surface area contributed by atoms with E-state index in [-0.39, 0.29) is 0 Å². The van der Waals surface area contributed by atoms with E-state index in [2.05, 4.69) is 32.0 Å². The molecule has 33 heavy (non-hydrogen) atoms. The highest BCUT2D eigenvalue weighted by atomic mass is 16.6. The molecule has 4 heteroatoms. The van der Waals surface area contributed by atoms with Gasteiger partial charge in [-0.1, -0.05) is 132 Å². The van der Waals surface area contributed by atoms with E-state index in [0.29, 0.717) is 5.75 Å². The Balaban J connectivity index is 0.000000239. The van der Waals surface area contributed by atoms with Gasteiger partial charge >= 0.3 is 7.32 Å². The second kappa shape index (κ2) is 13.2. The number of hydrogen-bond donors (Lipinski definition) is 2. The molecule has 4 aromatic carbocycles. The lowest BCUT2D eigenvalue weighted by atomic mass is 9.97. The van der Waals surface area contributed by atoms with Gasteiger partial charge in [-0.15, -0.1) is 0 Å². The van der Waals surface area contributed by atoms with E-state index >= 15 is 0 Å². The summed E-state index contributed by atoms with van der Waals surface area (Å²) in [4.78, 5) is 0. The fourth-order valence-electron chi connectivity index (χ4n) is 4.40. The van der Waals surface area contributed by atoms with Crippen LogP contribution in [-0.2, 0) is 0 Å². The molecule has 3 nitrogen and oxygen atoms in total. The third kappa shape index (κ3) is 6.96. The molecular formula is C29H37BO3. The molecule has 4 rings (SSSR count). The topological polar surface area (TPSA) is 49.7 Å². The van der Waals surface area contributed by atoms with Crippen molar-refractivity contribution in [2.24, 2.45) is 0 Å². The molecule has 0 spiro atoms. The molecule has 0 saturated heterocycles. The minimum absolute atomic E-state index is 0.494. The van der Waals surface area contributed by atoms with Gasteiger partial charge in [0, 0.05) is 10.8 Å². The Hall–Kier alpha value is -2.56. The maximum atomic E-state index is 9.27. The molecule has 0 amide bonds. The molecule has 0 aromatic heterocycles. The minimum Gasteiger partial charge on any atom is -0.511 e. The Labute approximate surface area is 198 Å². The molecule has 4 aromatic rings. The standard InChI is InChI=1S/C18H13BO3.C11H24/c20-19(21)22-18-15-8-4-2-6-13(15)11-17-14-7-3-1-5-12(14)9-10-16(17)18;1-3-5-7-9-11-10-8-6-4-2/h1-11,20-21H;3-11H2,1-2H3. The molecular weight excluding hydrogens is 407 g/mol. The summed E-state index contributed by atoms with van der Waals surface area (Å²) in [5.41, 5.74) is 0. The average Bonchev–Trinajstić information content (AvgIpc) is 2.83. The smallest absolute Gasteiger partial charge is 0.511 e. The summed E-state index contributed by atoms with van der Waals surface area (Å²) in [6.07, 6.45) is 13.0. The summed E-state index contributed by atoms with van der Waals surface area (Å²) in [7, 11) is -1.85. The molecule has 0 atom stereocenters. The summed E-state index contributed by atoms with van der Waals surface area (Å²) in [5, 5.41) is 24.6. The maximum absolute atomic E-state index is 9.27. The monoisotopic (exact) mass is 444 g/mol. The molecule has 174 valence electrons. The summed E-state index contributed by atoms with van der Waals surface area (Å²) < 4.78 is 5.30. The van der Waals surface area contributed by atoms with Gasteiger partial charge in [0.05, 0.1) is 0 Å². The van der Waals surface area contributed by atoms with Crippen LogP contribution in [0, 0.1) is 0 Å². The van der Waals surface area contributed by atoms with Gasteiger partial charge in [0.15, 0.2) is 0 Å². The largest absolute Gasteiger partial charge is 0.707 e. The Kier molecular flexibility index (Phi) is 10.0. The highest BCUT2D eigenvalue weighted by molar-refractivity contribution is 6.35. The summed E-state index contributed by atoms with van der Waals surface area (Å²) in [6.45, 7) is 4.55. The molecule has 0 unspecified atom stereocenters. The van der Waals surface area contributed by atoms with Crippen molar-refractivity contribution >= 4 is 39.6 Å². The quantitative estimate of drug-likeness (QED) is 0.113. The van der Waals surface area contributed by atoms with Crippen molar-refractivity contribution in [1.82, 2.24) is 0 Å². The molecule has 0 radical (unpaired) electrons. The fraction of sp³-hybridized carbons (Fsp3) is 0.379. The fourth-order valence-corrected chi connectivity index (χ4v) is 4.40. The number of hydrogen-bond acceptors (Lipinski definition) is 3. The first-order valence-electron chi connectivity index (χ1n) is 12.5. The van der Waals surface area contributed by atoms with Crippen molar-refractivity contribution in [3.8, 4) is 5.75 Å². The highest BCUT2D eigenvalue weighted by Crippen LogP contribution is 2.38. The predicted octanol–water partition coefficient (Wildman–Crippen LogP) is 8.03. The van der Waals surface area contributed by atoms with Gasteiger partial charge in [0.2, 0.25) is 0 Å². The average molecular weight is 444 g/mol. The Bertz CT molecular complexity index is 1130. The van der Waals surface area contributed by atoms with Gasteiger partial charge < -0.3 is 14.7 Å². The van der Waals surface area contributed by atoms with E-state index in [1.165, 1.54) is 57.8 Å². The maximum Gasteiger partial charge on any atom is 0.707 e. The van der Waals surface area contributed by atoms with Gasteiger partial charge in [-0.3, -0.25) is 0 Å². The van der Waals surface area contributed by atoms with Crippen molar-refractivity contribution < 1.29 is 14.7 Å². The van der Waals surface area contributed by atoms with Gasteiger partial charge in [-0.2, -0.15) is 0 Å². The van der Waals surface area contributed by atoms with Gasteiger partial charge in [-0.25, -0.2) is 0 Å². The molecule has 0 fully saturated rings. The van der Waals surface area contributed by atoms with Crippen LogP contribution < -0.4 is 4.65 Å². The van der Waals surface area contributed by atoms with Crippen LogP contribution in [0.1, 0.15) is 71.6 Å². The zero-order chi connectivity index (χ0) is 23.5. The highest BCUT2D eigenvalue weighted by Gasteiger charge is 2.17. The summed E-state index contributed by atoms with van der Waals surface area (Å²) in [6, 6.07) is 22.0. The SMILES string of the molecule is CCCCCCCCCCC.OB(O)Oc1c2ccccc2cc2c1ccc1ccccc12. The molecule has 0 aliphatic rings. The minimum atomic E-state index is -1.85. The predicted molar refractivity (Wildman–Crippen MR) is 143 cm³/mol. The normalized spacial score (nSPS) is 10.9. The van der Waals surface area contributed by atoms with Crippen molar-refractivity contribution in [3.63, 3.8) is 0 Å². The third-order valence-corrected chi connectivity index (χ3v) is 6.15. The number of rotatable bonds is 10. The lowest BCUT2D eigenvalue weighted by Crippen LogP contribution is -2.20. The Morgan fingerprint density at radius 2 is 1.12 bits per heavy atom. The first-order chi connectivity index (χ1) is 16.2. The van der Waals surface area contributed by atoms with Crippen molar-refractivity contribution in [1.29, 1.82) is 0 Å². The second-order valence-electron chi connectivity index (χ2n) is 8.73. The summed E-state index contributed by atoms with van der Waals surface area (Å²) in [5.74, 6) is 0.494. The van der Waals surface area contributed by atoms with Crippen LogP contribution in [0.4, 0.5) is 0 Å². The van der Waals surface area contributed by atoms with Crippen LogP contribution in [0.3, 0.4) is 0 Å². The van der Waals surface area contributed by atoms with E-state index in [1.807, 2.05) is 48.5 Å². The van der Waals surface area contributed by atoms with Crippen molar-refractivity contribution in [2.75, 3.05) is 0 Å². The molecule has 2 N–H and O–H groups in total. The molecule has 0 heterocycles. The Morgan fingerprint density at radius 3 is 1.73 bits per heavy atom. The van der Waals surface area contributed by atoms with E-state index in [9.17, 15) is 10.0 Å². The van der Waals surface area contributed by atoms with Gasteiger partial charge in [0.25, 0.3) is 0 Å². The molecule has 0 aliphatic carbocycles. The van der Waals surface area contributed by atoms with Gasteiger partial charge in [0.1, 0.15) is 5.75 Å². The van der Waals surface area contributed by atoms with E-state index in [0.717, 1.165) is 32.3 Å². The first kappa shape index (κ1) is 25.1. The zero-order valence-corrected chi connectivity index (χ0v) is 20.1. The lowest BCUT2D eigenvalue weighted by molar-refractivity contribution is 0.291. The molecule has 0 aliphatic heterocycles. The van der Waals surface area contributed by atoms with Crippen molar-refractivity contribution in [2.45, 2.75) is 71.6 Å². The van der Waals surface area contributed by atoms with E-state index in [4.69, 9.17) is 4.65 Å². The first-order valence-corrected chi connectivity index (χ1v) is 12.5. The van der Waals surface area contributed by atoms with Crippen LogP contribution in [0.5, 0.6) is 5.75 Å². The van der Waals surface area contributed by atoms with E-state index in [1.54, 1.807) is 0 Å². The number of fused-ring (bicyclic) bond motifs is 4. The summed E-state index contributed by atoms with van der Waals surface area (Å²) >= 11 is 0. The van der Waals surface area contributed by atoms with Crippen molar-refractivity contribution in [3.05, 3.63) is 66.7 Å². The van der Waals surface area contributed by atoms with Crippen LogP contribution >= 0.6 is 0 Å². The van der Waals surface area contributed by atoms with Crippen LogP contribution in [0.25, 0.3) is 32.3 Å². The number of benzene rings is 4. The van der Waals surface area contributed by atoms with Crippen LogP contribution in [0.15, 0.2) is 66.7 Å². The van der Waals surface area contributed by atoms with Crippen LogP contribution in [0.2, 0.25) is 0 Å². The molecule has 0 saturated carbocycles. The zero-order valence-electron chi connectivity index (χ0n) is 20.1. The third-order valence-electron chi connectivity index (χ3n) is 6.15. The number of unbranched alkanes of at least 4 members (excludes halogenated alkanes) is 8. The Morgan fingerprint density at radius 1 is 0.576 bits per heavy atom. The lowest BCUT2D eigenvalue weighted by Gasteiger charge is -2.14. The second-order valence-corrected chi connectivity index (χ2v) is 8.73. The van der Waals surface area contributed by atoms with Crippen LogP contribution in [-0.4, -0.2) is 17.4 Å². The molecule has 0 bridgehead atoms.